The molecule has 0 radical (unpaired) electrons. The molecule has 0 aliphatic heterocycles. The highest BCUT2D eigenvalue weighted by atomic mass is 35.5. The van der Waals surface area contributed by atoms with Crippen LogP contribution in [0.15, 0.2) is 36.6 Å². The summed E-state index contributed by atoms with van der Waals surface area (Å²) in [5.41, 5.74) is 3.26. The van der Waals surface area contributed by atoms with Gasteiger partial charge < -0.3 is 5.32 Å². The standard InChI is InChI=1S/C14H13Cl2NO/c1-2-4-12(18)17-14(9-7-8-9)13-10(15)5-3-6-11(13)16/h3-6,9,14H,1,7-8H2,(H,17,18). The molecule has 1 N–H and O–H groups in total. The zero-order valence-electron chi connectivity index (χ0n) is 9.75. The number of hydrogen-bond acceptors (Lipinski definition) is 1. The molecule has 1 saturated carbocycles. The first kappa shape index (κ1) is 13.2. The lowest BCUT2D eigenvalue weighted by Crippen LogP contribution is -2.28. The molecule has 0 heterocycles. The average molecular weight is 282 g/mol. The van der Waals surface area contributed by atoms with Crippen LogP contribution in [0.25, 0.3) is 0 Å². The number of carbonyl (C=O) groups is 1. The Bertz CT molecular complexity index is 496. The minimum atomic E-state index is -0.224. The Labute approximate surface area is 116 Å². The molecule has 1 unspecified atom stereocenters. The maximum Gasteiger partial charge on any atom is 0.252 e. The molecule has 1 amide bonds. The fourth-order valence-electron chi connectivity index (χ4n) is 1.95. The minimum absolute atomic E-state index is 0.136. The molecule has 1 aromatic rings. The Hall–Kier alpha value is -1.21. The number of amides is 1. The van der Waals surface area contributed by atoms with Crippen LogP contribution in [0.2, 0.25) is 10.0 Å². The molecule has 0 spiro atoms. The number of benzene rings is 1. The monoisotopic (exact) mass is 281 g/mol. The zero-order valence-corrected chi connectivity index (χ0v) is 11.3. The van der Waals surface area contributed by atoms with Crippen molar-refractivity contribution in [3.05, 3.63) is 52.2 Å². The molecular weight excluding hydrogens is 269 g/mol. The Balaban J connectivity index is 2.30. The maximum atomic E-state index is 11.6. The zero-order chi connectivity index (χ0) is 13.1. The number of rotatable bonds is 4. The van der Waals surface area contributed by atoms with Gasteiger partial charge in [0.15, 0.2) is 0 Å². The van der Waals surface area contributed by atoms with Crippen molar-refractivity contribution in [3.63, 3.8) is 0 Å². The highest BCUT2D eigenvalue weighted by molar-refractivity contribution is 6.36. The summed E-state index contributed by atoms with van der Waals surface area (Å²) in [7, 11) is 0. The first-order valence-corrected chi connectivity index (χ1v) is 6.49. The second-order valence-corrected chi connectivity index (χ2v) is 5.12. The van der Waals surface area contributed by atoms with Crippen LogP contribution in [0.4, 0.5) is 0 Å². The second kappa shape index (κ2) is 5.62. The van der Waals surface area contributed by atoms with Crippen LogP contribution in [-0.4, -0.2) is 5.91 Å². The lowest BCUT2D eigenvalue weighted by Gasteiger charge is -2.20. The average Bonchev–Trinajstić information content (AvgIpc) is 3.11. The van der Waals surface area contributed by atoms with Crippen LogP contribution in [-0.2, 0) is 4.79 Å². The van der Waals surface area contributed by atoms with Gasteiger partial charge in [-0.1, -0.05) is 35.8 Å². The van der Waals surface area contributed by atoms with E-state index in [0.29, 0.717) is 16.0 Å². The van der Waals surface area contributed by atoms with E-state index in [1.165, 1.54) is 6.08 Å². The Morgan fingerprint density at radius 3 is 2.56 bits per heavy atom. The van der Waals surface area contributed by atoms with Crippen molar-refractivity contribution in [1.29, 1.82) is 0 Å². The molecule has 1 aromatic carbocycles. The molecule has 0 bridgehead atoms. The maximum absolute atomic E-state index is 11.6. The van der Waals surface area contributed by atoms with Crippen LogP contribution in [0.5, 0.6) is 0 Å². The van der Waals surface area contributed by atoms with Crippen molar-refractivity contribution in [3.8, 4) is 0 Å². The van der Waals surface area contributed by atoms with Gasteiger partial charge in [-0.2, -0.15) is 0 Å². The predicted molar refractivity (Wildman–Crippen MR) is 73.8 cm³/mol. The summed E-state index contributed by atoms with van der Waals surface area (Å²) in [6.07, 6.45) is 3.43. The molecule has 2 rings (SSSR count). The quantitative estimate of drug-likeness (QED) is 0.658. The van der Waals surface area contributed by atoms with E-state index >= 15 is 0 Å². The van der Waals surface area contributed by atoms with Crippen molar-refractivity contribution < 1.29 is 4.79 Å². The van der Waals surface area contributed by atoms with E-state index < -0.39 is 0 Å². The highest BCUT2D eigenvalue weighted by Gasteiger charge is 2.35. The third-order valence-electron chi connectivity index (χ3n) is 2.94. The van der Waals surface area contributed by atoms with Crippen LogP contribution in [0, 0.1) is 5.92 Å². The van der Waals surface area contributed by atoms with E-state index in [-0.39, 0.29) is 11.9 Å². The van der Waals surface area contributed by atoms with Crippen molar-refractivity contribution in [2.24, 2.45) is 5.92 Å². The molecule has 1 aliphatic rings. The molecule has 0 saturated heterocycles. The van der Waals surface area contributed by atoms with Gasteiger partial charge in [0, 0.05) is 21.7 Å². The molecule has 18 heavy (non-hydrogen) atoms. The highest BCUT2D eigenvalue weighted by Crippen LogP contribution is 2.45. The summed E-state index contributed by atoms with van der Waals surface area (Å²) < 4.78 is 0. The van der Waals surface area contributed by atoms with E-state index in [9.17, 15) is 4.79 Å². The summed E-state index contributed by atoms with van der Waals surface area (Å²) in [5, 5.41) is 4.08. The van der Waals surface area contributed by atoms with Crippen LogP contribution in [0.3, 0.4) is 0 Å². The molecule has 1 aliphatic carbocycles. The normalized spacial score (nSPS) is 15.7. The smallest absolute Gasteiger partial charge is 0.252 e. The summed E-state index contributed by atoms with van der Waals surface area (Å²) in [5.74, 6) is 0.183. The van der Waals surface area contributed by atoms with Gasteiger partial charge in [0.1, 0.15) is 0 Å². The van der Waals surface area contributed by atoms with Gasteiger partial charge in [-0.15, -0.1) is 5.73 Å². The first-order valence-electron chi connectivity index (χ1n) is 5.73. The SMILES string of the molecule is C=C=CC(=O)NC(c1c(Cl)cccc1Cl)C1CC1. The number of carbonyl (C=O) groups excluding carboxylic acids is 1. The van der Waals surface area contributed by atoms with E-state index in [1.54, 1.807) is 18.2 Å². The predicted octanol–water partition coefficient (Wildman–Crippen LogP) is 3.90. The lowest BCUT2D eigenvalue weighted by atomic mass is 10.0. The number of halogens is 2. The van der Waals surface area contributed by atoms with Crippen LogP contribution < -0.4 is 5.32 Å². The minimum Gasteiger partial charge on any atom is -0.345 e. The van der Waals surface area contributed by atoms with Crippen LogP contribution >= 0.6 is 23.2 Å². The third-order valence-corrected chi connectivity index (χ3v) is 3.59. The molecule has 94 valence electrons. The molecular formula is C14H13Cl2NO. The Morgan fingerprint density at radius 2 is 2.06 bits per heavy atom. The Morgan fingerprint density at radius 1 is 1.44 bits per heavy atom. The fraction of sp³-hybridized carbons (Fsp3) is 0.286. The summed E-state index contributed by atoms with van der Waals surface area (Å²) >= 11 is 12.4. The van der Waals surface area contributed by atoms with Gasteiger partial charge in [-0.25, -0.2) is 0 Å². The van der Waals surface area contributed by atoms with E-state index in [1.807, 2.05) is 0 Å². The van der Waals surface area contributed by atoms with Gasteiger partial charge >= 0.3 is 0 Å². The molecule has 2 nitrogen and oxygen atoms in total. The lowest BCUT2D eigenvalue weighted by molar-refractivity contribution is -0.117. The fourth-order valence-corrected chi connectivity index (χ4v) is 2.58. The summed E-state index contributed by atoms with van der Waals surface area (Å²) in [6.45, 7) is 3.38. The topological polar surface area (TPSA) is 29.1 Å². The Kier molecular flexibility index (Phi) is 4.13. The molecule has 1 atom stereocenters. The largest absolute Gasteiger partial charge is 0.345 e. The van der Waals surface area contributed by atoms with Crippen molar-refractivity contribution in [1.82, 2.24) is 5.32 Å². The number of hydrogen-bond donors (Lipinski definition) is 1. The van der Waals surface area contributed by atoms with Gasteiger partial charge in [0.05, 0.1) is 6.04 Å². The van der Waals surface area contributed by atoms with Crippen LogP contribution in [0.1, 0.15) is 24.4 Å². The number of nitrogens with one attached hydrogen (secondary N) is 1. The molecule has 4 heteroatoms. The van der Waals surface area contributed by atoms with Gasteiger partial charge in [0.25, 0.3) is 5.91 Å². The van der Waals surface area contributed by atoms with E-state index in [0.717, 1.165) is 18.4 Å². The summed E-state index contributed by atoms with van der Waals surface area (Å²) in [6, 6.07) is 5.23. The van der Waals surface area contributed by atoms with E-state index in [4.69, 9.17) is 23.2 Å². The summed E-state index contributed by atoms with van der Waals surface area (Å²) in [4.78, 5) is 11.6. The van der Waals surface area contributed by atoms with Crippen molar-refractivity contribution >= 4 is 29.1 Å². The van der Waals surface area contributed by atoms with E-state index in [2.05, 4.69) is 17.6 Å². The third kappa shape index (κ3) is 2.97. The van der Waals surface area contributed by atoms with Crippen molar-refractivity contribution in [2.45, 2.75) is 18.9 Å². The van der Waals surface area contributed by atoms with Gasteiger partial charge in [-0.05, 0) is 30.9 Å². The molecule has 0 aromatic heterocycles. The first-order chi connectivity index (χ1) is 8.63. The van der Waals surface area contributed by atoms with Gasteiger partial charge in [0.2, 0.25) is 0 Å². The van der Waals surface area contributed by atoms with Crippen molar-refractivity contribution in [2.75, 3.05) is 0 Å². The molecule has 1 fully saturated rings. The van der Waals surface area contributed by atoms with Gasteiger partial charge in [-0.3, -0.25) is 4.79 Å². The second-order valence-electron chi connectivity index (χ2n) is 4.31.